The van der Waals surface area contributed by atoms with Crippen molar-refractivity contribution in [2.75, 3.05) is 11.9 Å². The number of esters is 1. The summed E-state index contributed by atoms with van der Waals surface area (Å²) in [6.07, 6.45) is 0. The van der Waals surface area contributed by atoms with Gasteiger partial charge in [0.25, 0.3) is 5.91 Å². The molecule has 0 fully saturated rings. The number of hydrogen-bond acceptors (Lipinski definition) is 4. The lowest BCUT2D eigenvalue weighted by molar-refractivity contribution is -0.136. The molecule has 3 aromatic carbocycles. The monoisotopic (exact) mass is 409 g/mol. The molecule has 0 radical (unpaired) electrons. The van der Waals surface area contributed by atoms with Gasteiger partial charge < -0.3 is 14.8 Å². The first kappa shape index (κ1) is 20.4. The topological polar surface area (TPSA) is 64.6 Å². The third-order valence-electron chi connectivity index (χ3n) is 4.14. The molecule has 0 aliphatic carbocycles. The summed E-state index contributed by atoms with van der Waals surface area (Å²) in [6.45, 7) is 3.65. The SMILES string of the molecule is Cc1ccc(C)c(NC(=O)c2ccc(OC(=O)COc3cccc(Cl)c3)cc2)c1. The number of anilines is 1. The van der Waals surface area contributed by atoms with Crippen molar-refractivity contribution in [2.45, 2.75) is 13.8 Å². The van der Waals surface area contributed by atoms with Crippen molar-refractivity contribution in [3.05, 3.63) is 88.4 Å². The first-order chi connectivity index (χ1) is 13.9. The second kappa shape index (κ2) is 9.26. The Labute approximate surface area is 174 Å². The minimum Gasteiger partial charge on any atom is -0.482 e. The van der Waals surface area contributed by atoms with Crippen LogP contribution in [0.1, 0.15) is 21.5 Å². The van der Waals surface area contributed by atoms with E-state index < -0.39 is 5.97 Å². The zero-order valence-electron chi connectivity index (χ0n) is 16.1. The van der Waals surface area contributed by atoms with Gasteiger partial charge in [0, 0.05) is 16.3 Å². The number of carbonyl (C=O) groups excluding carboxylic acids is 2. The summed E-state index contributed by atoms with van der Waals surface area (Å²) in [7, 11) is 0. The molecule has 0 aliphatic heterocycles. The molecule has 1 N–H and O–H groups in total. The van der Waals surface area contributed by atoms with Crippen molar-refractivity contribution in [2.24, 2.45) is 0 Å². The average molecular weight is 410 g/mol. The van der Waals surface area contributed by atoms with Crippen LogP contribution in [0.2, 0.25) is 5.02 Å². The Hall–Kier alpha value is -3.31. The number of halogens is 1. The molecule has 0 saturated carbocycles. The van der Waals surface area contributed by atoms with E-state index in [1.807, 2.05) is 32.0 Å². The molecular formula is C23H20ClNO4. The van der Waals surface area contributed by atoms with Crippen molar-refractivity contribution in [1.29, 1.82) is 0 Å². The van der Waals surface area contributed by atoms with E-state index in [1.165, 1.54) is 0 Å². The third-order valence-corrected chi connectivity index (χ3v) is 4.38. The minimum atomic E-state index is -0.558. The van der Waals surface area contributed by atoms with Gasteiger partial charge in [-0.25, -0.2) is 4.79 Å². The number of ether oxygens (including phenoxy) is 2. The maximum Gasteiger partial charge on any atom is 0.349 e. The second-order valence-electron chi connectivity index (χ2n) is 6.52. The van der Waals surface area contributed by atoms with Crippen molar-refractivity contribution in [3.63, 3.8) is 0 Å². The fraction of sp³-hybridized carbons (Fsp3) is 0.130. The number of benzene rings is 3. The molecule has 0 bridgehead atoms. The summed E-state index contributed by atoms with van der Waals surface area (Å²) in [4.78, 5) is 24.4. The van der Waals surface area contributed by atoms with E-state index in [2.05, 4.69) is 5.32 Å². The molecule has 3 rings (SSSR count). The molecule has 5 nitrogen and oxygen atoms in total. The molecular weight excluding hydrogens is 390 g/mol. The third kappa shape index (κ3) is 5.83. The van der Waals surface area contributed by atoms with Crippen molar-refractivity contribution < 1.29 is 19.1 Å². The van der Waals surface area contributed by atoms with Crippen LogP contribution >= 0.6 is 11.6 Å². The Balaban J connectivity index is 1.56. The highest BCUT2D eigenvalue weighted by atomic mass is 35.5. The van der Waals surface area contributed by atoms with E-state index in [0.717, 1.165) is 16.8 Å². The number of aryl methyl sites for hydroxylation is 2. The Morgan fingerprint density at radius 1 is 0.931 bits per heavy atom. The van der Waals surface area contributed by atoms with Crippen LogP contribution in [0.15, 0.2) is 66.7 Å². The van der Waals surface area contributed by atoms with Gasteiger partial charge in [-0.2, -0.15) is 0 Å². The summed E-state index contributed by atoms with van der Waals surface area (Å²) < 4.78 is 10.6. The van der Waals surface area contributed by atoms with Crippen LogP contribution in [0.5, 0.6) is 11.5 Å². The van der Waals surface area contributed by atoms with Gasteiger partial charge in [0.1, 0.15) is 11.5 Å². The fourth-order valence-corrected chi connectivity index (χ4v) is 2.78. The van der Waals surface area contributed by atoms with E-state index in [1.54, 1.807) is 48.5 Å². The van der Waals surface area contributed by atoms with Gasteiger partial charge in [-0.05, 0) is 73.5 Å². The van der Waals surface area contributed by atoms with Gasteiger partial charge in [0.2, 0.25) is 0 Å². The highest BCUT2D eigenvalue weighted by molar-refractivity contribution is 6.30. The lowest BCUT2D eigenvalue weighted by Gasteiger charge is -2.10. The van der Waals surface area contributed by atoms with Crippen LogP contribution in [-0.4, -0.2) is 18.5 Å². The largest absolute Gasteiger partial charge is 0.482 e. The van der Waals surface area contributed by atoms with Crippen molar-refractivity contribution >= 4 is 29.2 Å². The number of amides is 1. The molecule has 1 amide bonds. The number of nitrogens with one attached hydrogen (secondary N) is 1. The Morgan fingerprint density at radius 2 is 1.69 bits per heavy atom. The summed E-state index contributed by atoms with van der Waals surface area (Å²) in [6, 6.07) is 18.9. The zero-order chi connectivity index (χ0) is 20.8. The Morgan fingerprint density at radius 3 is 2.41 bits per heavy atom. The van der Waals surface area contributed by atoms with Crippen LogP contribution in [0.25, 0.3) is 0 Å². The molecule has 0 spiro atoms. The van der Waals surface area contributed by atoms with E-state index in [9.17, 15) is 9.59 Å². The second-order valence-corrected chi connectivity index (χ2v) is 6.95. The molecule has 0 heterocycles. The van der Waals surface area contributed by atoms with E-state index in [4.69, 9.17) is 21.1 Å². The maximum atomic E-state index is 12.4. The first-order valence-electron chi connectivity index (χ1n) is 8.98. The maximum absolute atomic E-state index is 12.4. The lowest BCUT2D eigenvalue weighted by atomic mass is 10.1. The Kier molecular flexibility index (Phi) is 6.52. The van der Waals surface area contributed by atoms with Crippen LogP contribution in [0, 0.1) is 13.8 Å². The summed E-state index contributed by atoms with van der Waals surface area (Å²) >= 11 is 5.87. The average Bonchev–Trinajstić information content (AvgIpc) is 2.70. The number of carbonyl (C=O) groups is 2. The summed E-state index contributed by atoms with van der Waals surface area (Å²) in [5.74, 6) is 0.0133. The predicted octanol–water partition coefficient (Wildman–Crippen LogP) is 5.19. The molecule has 0 unspecified atom stereocenters. The molecule has 0 aromatic heterocycles. The molecule has 29 heavy (non-hydrogen) atoms. The van der Waals surface area contributed by atoms with Gasteiger partial charge in [0.15, 0.2) is 6.61 Å². The van der Waals surface area contributed by atoms with Crippen LogP contribution in [0.3, 0.4) is 0 Å². The van der Waals surface area contributed by atoms with Gasteiger partial charge in [-0.3, -0.25) is 4.79 Å². The van der Waals surface area contributed by atoms with Gasteiger partial charge >= 0.3 is 5.97 Å². The minimum absolute atomic E-state index is 0.235. The predicted molar refractivity (Wildman–Crippen MR) is 113 cm³/mol. The normalized spacial score (nSPS) is 10.3. The Bertz CT molecular complexity index is 1030. The van der Waals surface area contributed by atoms with Crippen molar-refractivity contribution in [1.82, 2.24) is 0 Å². The first-order valence-corrected chi connectivity index (χ1v) is 9.36. The van der Waals surface area contributed by atoms with E-state index >= 15 is 0 Å². The quantitative estimate of drug-likeness (QED) is 0.449. The van der Waals surface area contributed by atoms with E-state index in [0.29, 0.717) is 22.1 Å². The summed E-state index contributed by atoms with van der Waals surface area (Å²) in [5, 5.41) is 3.41. The standard InChI is InChI=1S/C23H20ClNO4/c1-15-6-7-16(2)21(12-15)25-23(27)17-8-10-19(11-9-17)29-22(26)14-28-20-5-3-4-18(24)13-20/h3-13H,14H2,1-2H3,(H,25,27). The van der Waals surface area contributed by atoms with Gasteiger partial charge in [-0.1, -0.05) is 29.8 Å². The number of hydrogen-bond donors (Lipinski definition) is 1. The molecule has 0 aliphatic rings. The van der Waals surface area contributed by atoms with Gasteiger partial charge in [-0.15, -0.1) is 0 Å². The smallest absolute Gasteiger partial charge is 0.349 e. The molecule has 6 heteroatoms. The van der Waals surface area contributed by atoms with Gasteiger partial charge in [0.05, 0.1) is 0 Å². The summed E-state index contributed by atoms with van der Waals surface area (Å²) in [5.41, 5.74) is 3.27. The lowest BCUT2D eigenvalue weighted by Crippen LogP contribution is -2.18. The molecule has 148 valence electrons. The molecule has 0 atom stereocenters. The zero-order valence-corrected chi connectivity index (χ0v) is 16.8. The van der Waals surface area contributed by atoms with Crippen LogP contribution in [0.4, 0.5) is 5.69 Å². The van der Waals surface area contributed by atoms with Crippen molar-refractivity contribution in [3.8, 4) is 11.5 Å². The fourth-order valence-electron chi connectivity index (χ4n) is 2.60. The highest BCUT2D eigenvalue weighted by Gasteiger charge is 2.10. The molecule has 3 aromatic rings. The van der Waals surface area contributed by atoms with Crippen LogP contribution < -0.4 is 14.8 Å². The van der Waals surface area contributed by atoms with Crippen LogP contribution in [-0.2, 0) is 4.79 Å². The van der Waals surface area contributed by atoms with E-state index in [-0.39, 0.29) is 12.5 Å². The molecule has 0 saturated heterocycles. The number of rotatable bonds is 6. The highest BCUT2D eigenvalue weighted by Crippen LogP contribution is 2.19.